The van der Waals surface area contributed by atoms with Gasteiger partial charge in [-0.2, -0.15) is 0 Å². The number of carbonyl (C=O) groups is 5. The van der Waals surface area contributed by atoms with E-state index in [-0.39, 0.29) is 49.0 Å². The minimum atomic E-state index is -0.810. The number of hydrogen-bond donors (Lipinski definition) is 0. The quantitative estimate of drug-likeness (QED) is 0.355. The van der Waals surface area contributed by atoms with Crippen LogP contribution in [-0.2, 0) is 9.53 Å². The van der Waals surface area contributed by atoms with Crippen LogP contribution >= 0.6 is 0 Å². The molecule has 0 unspecified atom stereocenters. The van der Waals surface area contributed by atoms with Gasteiger partial charge >= 0.3 is 6.16 Å². The van der Waals surface area contributed by atoms with E-state index in [2.05, 4.69) is 0 Å². The highest BCUT2D eigenvalue weighted by Crippen LogP contribution is 2.23. The van der Waals surface area contributed by atoms with Crippen molar-refractivity contribution in [3.8, 4) is 5.75 Å². The zero-order valence-corrected chi connectivity index (χ0v) is 19.3. The third-order valence-electron chi connectivity index (χ3n) is 5.91. The van der Waals surface area contributed by atoms with Crippen molar-refractivity contribution < 1.29 is 33.4 Å². The van der Waals surface area contributed by atoms with E-state index < -0.39 is 6.16 Å². The molecule has 10 heteroatoms. The van der Waals surface area contributed by atoms with E-state index >= 15 is 0 Å². The van der Waals surface area contributed by atoms with Crippen LogP contribution in [0.3, 0.4) is 0 Å². The third kappa shape index (κ3) is 5.16. The van der Waals surface area contributed by atoms with Crippen molar-refractivity contribution in [3.05, 3.63) is 65.2 Å². The van der Waals surface area contributed by atoms with Gasteiger partial charge in [0.05, 0.1) is 17.7 Å². The van der Waals surface area contributed by atoms with E-state index in [1.165, 1.54) is 12.1 Å². The maximum absolute atomic E-state index is 12.8. The lowest BCUT2D eigenvalue weighted by molar-refractivity contribution is -0.132. The zero-order valence-electron chi connectivity index (χ0n) is 19.3. The molecule has 1 saturated heterocycles. The van der Waals surface area contributed by atoms with Crippen LogP contribution in [0.15, 0.2) is 48.5 Å². The Morgan fingerprint density at radius 3 is 1.97 bits per heavy atom. The summed E-state index contributed by atoms with van der Waals surface area (Å²) in [5.74, 6) is -0.853. The molecule has 2 aromatic rings. The minimum Gasteiger partial charge on any atom is -0.434 e. The number of rotatable bonds is 6. The van der Waals surface area contributed by atoms with E-state index in [1.54, 1.807) is 53.1 Å². The highest BCUT2D eigenvalue weighted by atomic mass is 16.7. The number of hydrogen-bond acceptors (Lipinski definition) is 7. The summed E-state index contributed by atoms with van der Waals surface area (Å²) in [6.45, 7) is 3.33. The number of benzene rings is 2. The molecular formula is C25H25N3O7. The largest absolute Gasteiger partial charge is 0.513 e. The van der Waals surface area contributed by atoms with Gasteiger partial charge < -0.3 is 19.3 Å². The monoisotopic (exact) mass is 479 g/mol. The first-order chi connectivity index (χ1) is 16.9. The summed E-state index contributed by atoms with van der Waals surface area (Å²) in [5.41, 5.74) is 1.15. The zero-order chi connectivity index (χ0) is 24.9. The third-order valence-corrected chi connectivity index (χ3v) is 5.91. The van der Waals surface area contributed by atoms with Gasteiger partial charge in [-0.15, -0.1) is 0 Å². The summed E-state index contributed by atoms with van der Waals surface area (Å²) in [6.07, 6.45) is -0.781. The molecule has 10 nitrogen and oxygen atoms in total. The van der Waals surface area contributed by atoms with Crippen molar-refractivity contribution in [3.63, 3.8) is 0 Å². The molecule has 1 fully saturated rings. The second kappa shape index (κ2) is 10.4. The van der Waals surface area contributed by atoms with Crippen molar-refractivity contribution in [1.82, 2.24) is 14.7 Å². The molecule has 4 amide bonds. The fourth-order valence-electron chi connectivity index (χ4n) is 4.06. The van der Waals surface area contributed by atoms with Gasteiger partial charge in [0.25, 0.3) is 17.7 Å². The molecule has 35 heavy (non-hydrogen) atoms. The molecule has 182 valence electrons. The maximum atomic E-state index is 12.8. The Kier molecular flexibility index (Phi) is 7.09. The number of piperazine rings is 1. The molecule has 0 atom stereocenters. The predicted molar refractivity (Wildman–Crippen MR) is 123 cm³/mol. The Labute approximate surface area is 202 Å². The summed E-state index contributed by atoms with van der Waals surface area (Å²) >= 11 is 0. The van der Waals surface area contributed by atoms with E-state index in [9.17, 15) is 24.0 Å². The molecule has 0 spiro atoms. The van der Waals surface area contributed by atoms with Crippen LogP contribution in [0.4, 0.5) is 4.79 Å². The standard InChI is InChI=1S/C25H25N3O7/c1-2-34-25(33)35-18-9-7-17(8-10-18)22(30)27-15-13-26(14-16-27)21(29)11-12-28-23(31)19-5-3-4-6-20(19)24(28)32/h3-10H,2,11-16H2,1H3. The van der Waals surface area contributed by atoms with Crippen molar-refractivity contribution in [2.45, 2.75) is 13.3 Å². The average Bonchev–Trinajstić information content (AvgIpc) is 3.12. The Morgan fingerprint density at radius 1 is 0.829 bits per heavy atom. The predicted octanol–water partition coefficient (Wildman–Crippen LogP) is 2.19. The first-order valence-corrected chi connectivity index (χ1v) is 11.4. The molecule has 4 rings (SSSR count). The normalized spacial score (nSPS) is 15.2. The Bertz CT molecular complexity index is 1120. The first kappa shape index (κ1) is 23.9. The minimum absolute atomic E-state index is 0.0184. The second-order valence-electron chi connectivity index (χ2n) is 8.04. The van der Waals surface area contributed by atoms with Crippen LogP contribution in [0.1, 0.15) is 44.4 Å². The molecule has 0 bridgehead atoms. The van der Waals surface area contributed by atoms with E-state index in [4.69, 9.17) is 9.47 Å². The second-order valence-corrected chi connectivity index (χ2v) is 8.04. The molecule has 2 aliphatic heterocycles. The highest BCUT2D eigenvalue weighted by Gasteiger charge is 2.35. The number of imide groups is 1. The number of ether oxygens (including phenoxy) is 2. The maximum Gasteiger partial charge on any atom is 0.513 e. The van der Waals surface area contributed by atoms with Crippen LogP contribution in [0.2, 0.25) is 0 Å². The fraction of sp³-hybridized carbons (Fsp3) is 0.320. The van der Waals surface area contributed by atoms with Gasteiger partial charge in [-0.25, -0.2) is 4.79 Å². The number of nitrogens with zero attached hydrogens (tertiary/aromatic N) is 3. The molecule has 0 radical (unpaired) electrons. The molecule has 0 N–H and O–H groups in total. The summed E-state index contributed by atoms with van der Waals surface area (Å²) < 4.78 is 9.71. The summed E-state index contributed by atoms with van der Waals surface area (Å²) in [6, 6.07) is 12.8. The number of amides is 4. The van der Waals surface area contributed by atoms with Gasteiger partial charge in [0.2, 0.25) is 5.91 Å². The summed E-state index contributed by atoms with van der Waals surface area (Å²) in [4.78, 5) is 66.2. The molecule has 0 saturated carbocycles. The summed E-state index contributed by atoms with van der Waals surface area (Å²) in [7, 11) is 0. The van der Waals surface area contributed by atoms with Crippen LogP contribution in [0.5, 0.6) is 5.75 Å². The lowest BCUT2D eigenvalue weighted by Crippen LogP contribution is -2.51. The van der Waals surface area contributed by atoms with Crippen LogP contribution in [0.25, 0.3) is 0 Å². The van der Waals surface area contributed by atoms with Crippen molar-refractivity contribution in [2.75, 3.05) is 39.3 Å². The Balaban J connectivity index is 1.25. The lowest BCUT2D eigenvalue weighted by Gasteiger charge is -2.35. The summed E-state index contributed by atoms with van der Waals surface area (Å²) in [5, 5.41) is 0. The molecule has 0 aliphatic carbocycles. The number of fused-ring (bicyclic) bond motifs is 1. The first-order valence-electron chi connectivity index (χ1n) is 11.4. The van der Waals surface area contributed by atoms with Crippen molar-refractivity contribution in [2.24, 2.45) is 0 Å². The van der Waals surface area contributed by atoms with E-state index in [1.807, 2.05) is 0 Å². The molecule has 2 aromatic carbocycles. The highest BCUT2D eigenvalue weighted by molar-refractivity contribution is 6.21. The molecule has 2 heterocycles. The SMILES string of the molecule is CCOC(=O)Oc1ccc(C(=O)N2CCN(C(=O)CCN3C(=O)c4ccccc4C3=O)CC2)cc1. The van der Waals surface area contributed by atoms with Gasteiger partial charge in [-0.3, -0.25) is 24.1 Å². The van der Waals surface area contributed by atoms with Crippen LogP contribution in [0, 0.1) is 0 Å². The van der Waals surface area contributed by atoms with Gasteiger partial charge in [-0.05, 0) is 43.3 Å². The molecular weight excluding hydrogens is 454 g/mol. The Morgan fingerprint density at radius 2 is 1.40 bits per heavy atom. The average molecular weight is 479 g/mol. The van der Waals surface area contributed by atoms with Gasteiger partial charge in [-0.1, -0.05) is 12.1 Å². The van der Waals surface area contributed by atoms with Crippen LogP contribution in [-0.4, -0.2) is 83.8 Å². The van der Waals surface area contributed by atoms with Gasteiger partial charge in [0.15, 0.2) is 0 Å². The van der Waals surface area contributed by atoms with Gasteiger partial charge in [0, 0.05) is 44.7 Å². The lowest BCUT2D eigenvalue weighted by atomic mass is 10.1. The van der Waals surface area contributed by atoms with Crippen molar-refractivity contribution >= 4 is 29.8 Å². The number of carbonyl (C=O) groups excluding carboxylic acids is 5. The van der Waals surface area contributed by atoms with Gasteiger partial charge in [0.1, 0.15) is 5.75 Å². The van der Waals surface area contributed by atoms with Crippen LogP contribution < -0.4 is 4.74 Å². The van der Waals surface area contributed by atoms with Crippen molar-refractivity contribution in [1.29, 1.82) is 0 Å². The topological polar surface area (TPSA) is 114 Å². The van der Waals surface area contributed by atoms with E-state index in [0.29, 0.717) is 42.9 Å². The molecule has 0 aromatic heterocycles. The smallest absolute Gasteiger partial charge is 0.434 e. The Hall–Kier alpha value is -4.21. The fourth-order valence-corrected chi connectivity index (χ4v) is 4.06. The van der Waals surface area contributed by atoms with E-state index in [0.717, 1.165) is 4.90 Å². The molecule has 2 aliphatic rings.